The Balaban J connectivity index is 1.73. The zero-order valence-electron chi connectivity index (χ0n) is 12.7. The van der Waals surface area contributed by atoms with E-state index in [-0.39, 0.29) is 11.1 Å². The molecule has 2 aromatic heterocycles. The van der Waals surface area contributed by atoms with Gasteiger partial charge in [0.2, 0.25) is 0 Å². The normalized spacial score (nSPS) is 10.3. The van der Waals surface area contributed by atoms with Crippen LogP contribution in [0.3, 0.4) is 0 Å². The summed E-state index contributed by atoms with van der Waals surface area (Å²) in [7, 11) is 0. The van der Waals surface area contributed by atoms with Crippen molar-refractivity contribution in [1.29, 1.82) is 0 Å². The second-order valence-electron chi connectivity index (χ2n) is 5.26. The van der Waals surface area contributed by atoms with Crippen LogP contribution in [0.2, 0.25) is 0 Å². The van der Waals surface area contributed by atoms with E-state index >= 15 is 0 Å². The van der Waals surface area contributed by atoms with Gasteiger partial charge in [-0.25, -0.2) is 4.79 Å². The third kappa shape index (κ3) is 3.67. The Hall–Kier alpha value is -3.41. The highest BCUT2D eigenvalue weighted by atomic mass is 16.4. The molecule has 0 unspecified atom stereocenters. The van der Waals surface area contributed by atoms with Crippen molar-refractivity contribution in [2.45, 2.75) is 6.54 Å². The van der Waals surface area contributed by atoms with Crippen LogP contribution in [0.15, 0.2) is 71.9 Å². The van der Waals surface area contributed by atoms with Crippen LogP contribution < -0.4 is 10.9 Å². The average molecular weight is 321 g/mol. The number of hydrogen-bond acceptors (Lipinski definition) is 4. The van der Waals surface area contributed by atoms with Crippen molar-refractivity contribution in [2.24, 2.45) is 0 Å². The summed E-state index contributed by atoms with van der Waals surface area (Å²) in [5, 5.41) is 12.1. The molecule has 0 radical (unpaired) electrons. The molecule has 0 saturated heterocycles. The molecule has 6 heteroatoms. The highest BCUT2D eigenvalue weighted by Gasteiger charge is 2.04. The van der Waals surface area contributed by atoms with Crippen LogP contribution in [-0.2, 0) is 6.54 Å². The van der Waals surface area contributed by atoms with Gasteiger partial charge in [-0.15, -0.1) is 0 Å². The summed E-state index contributed by atoms with van der Waals surface area (Å²) in [4.78, 5) is 26.6. The molecule has 0 atom stereocenters. The molecule has 0 amide bonds. The molecule has 1 aromatic carbocycles. The van der Waals surface area contributed by atoms with Gasteiger partial charge >= 0.3 is 5.97 Å². The number of carboxylic acid groups (broad SMARTS) is 1. The van der Waals surface area contributed by atoms with Gasteiger partial charge in [-0.2, -0.15) is 0 Å². The van der Waals surface area contributed by atoms with E-state index in [1.54, 1.807) is 23.0 Å². The molecule has 120 valence electrons. The fourth-order valence-electron chi connectivity index (χ4n) is 2.27. The van der Waals surface area contributed by atoms with Gasteiger partial charge in [0.1, 0.15) is 0 Å². The number of nitrogens with zero attached hydrogens (tertiary/aromatic N) is 2. The van der Waals surface area contributed by atoms with E-state index in [0.717, 1.165) is 11.3 Å². The lowest BCUT2D eigenvalue weighted by Crippen LogP contribution is -2.18. The van der Waals surface area contributed by atoms with Crippen LogP contribution in [0, 0.1) is 0 Å². The molecule has 0 aliphatic carbocycles. The molecule has 3 rings (SSSR count). The van der Waals surface area contributed by atoms with Gasteiger partial charge < -0.3 is 15.0 Å². The van der Waals surface area contributed by atoms with E-state index in [1.165, 1.54) is 18.3 Å². The minimum absolute atomic E-state index is 0.0451. The number of carboxylic acids is 1. The van der Waals surface area contributed by atoms with Crippen LogP contribution in [0.1, 0.15) is 15.9 Å². The lowest BCUT2D eigenvalue weighted by atomic mass is 10.2. The topological polar surface area (TPSA) is 84.2 Å². The Kier molecular flexibility index (Phi) is 4.38. The molecule has 0 saturated carbocycles. The lowest BCUT2D eigenvalue weighted by Gasteiger charge is -2.09. The summed E-state index contributed by atoms with van der Waals surface area (Å²) in [6.07, 6.45) is 4.61. The zero-order valence-corrected chi connectivity index (χ0v) is 12.7. The van der Waals surface area contributed by atoms with Crippen LogP contribution in [-0.4, -0.2) is 20.6 Å². The molecule has 2 N–H and O–H groups in total. The van der Waals surface area contributed by atoms with Crippen LogP contribution >= 0.6 is 0 Å². The van der Waals surface area contributed by atoms with E-state index in [2.05, 4.69) is 10.3 Å². The van der Waals surface area contributed by atoms with E-state index in [9.17, 15) is 9.59 Å². The van der Waals surface area contributed by atoms with E-state index in [0.29, 0.717) is 12.2 Å². The standard InChI is InChI=1S/C18H15N3O3/c22-17-3-1-2-8-21(17)12-13-4-6-15(7-5-13)20-16-9-14(18(23)24)10-19-11-16/h1-11,20H,12H2,(H,23,24). The van der Waals surface area contributed by atoms with Crippen molar-refractivity contribution in [1.82, 2.24) is 9.55 Å². The quantitative estimate of drug-likeness (QED) is 0.755. The van der Waals surface area contributed by atoms with Crippen molar-refractivity contribution in [2.75, 3.05) is 5.32 Å². The van der Waals surface area contributed by atoms with Crippen molar-refractivity contribution in [3.63, 3.8) is 0 Å². The van der Waals surface area contributed by atoms with E-state index in [4.69, 9.17) is 5.11 Å². The number of aromatic nitrogens is 2. The summed E-state index contributed by atoms with van der Waals surface area (Å²) >= 11 is 0. The monoisotopic (exact) mass is 321 g/mol. The molecular formula is C18H15N3O3. The third-order valence-corrected chi connectivity index (χ3v) is 3.48. The van der Waals surface area contributed by atoms with Gasteiger partial charge in [0.25, 0.3) is 5.56 Å². The summed E-state index contributed by atoms with van der Waals surface area (Å²) < 4.78 is 1.63. The molecule has 3 aromatic rings. The second-order valence-corrected chi connectivity index (χ2v) is 5.26. The number of anilines is 2. The first-order valence-electron chi connectivity index (χ1n) is 7.31. The number of hydrogen-bond donors (Lipinski definition) is 2. The number of nitrogens with one attached hydrogen (secondary N) is 1. The SMILES string of the molecule is O=C(O)c1cncc(Nc2ccc(Cn3ccccc3=O)cc2)c1. The lowest BCUT2D eigenvalue weighted by molar-refractivity contribution is 0.0696. The Morgan fingerprint density at radius 1 is 1.08 bits per heavy atom. The Labute approximate surface area is 138 Å². The van der Waals surface area contributed by atoms with Crippen LogP contribution in [0.4, 0.5) is 11.4 Å². The second kappa shape index (κ2) is 6.78. The minimum atomic E-state index is -1.02. The van der Waals surface area contributed by atoms with Crippen molar-refractivity contribution >= 4 is 17.3 Å². The number of rotatable bonds is 5. The Morgan fingerprint density at radius 3 is 2.58 bits per heavy atom. The summed E-state index contributed by atoms with van der Waals surface area (Å²) in [6.45, 7) is 0.496. The first kappa shape index (κ1) is 15.5. The van der Waals surface area contributed by atoms with Gasteiger partial charge in [-0.05, 0) is 29.8 Å². The van der Waals surface area contributed by atoms with Gasteiger partial charge in [-0.3, -0.25) is 9.78 Å². The third-order valence-electron chi connectivity index (χ3n) is 3.48. The zero-order chi connectivity index (χ0) is 16.9. The molecular weight excluding hydrogens is 306 g/mol. The number of aromatic carboxylic acids is 1. The molecule has 0 aliphatic heterocycles. The van der Waals surface area contributed by atoms with Gasteiger partial charge in [0, 0.05) is 24.1 Å². The van der Waals surface area contributed by atoms with Crippen LogP contribution in [0.5, 0.6) is 0 Å². The maximum Gasteiger partial charge on any atom is 0.337 e. The molecule has 24 heavy (non-hydrogen) atoms. The maximum atomic E-state index is 11.7. The van der Waals surface area contributed by atoms with E-state index < -0.39 is 5.97 Å². The van der Waals surface area contributed by atoms with E-state index in [1.807, 2.05) is 30.3 Å². The fraction of sp³-hybridized carbons (Fsp3) is 0.0556. The van der Waals surface area contributed by atoms with Gasteiger partial charge in [0.05, 0.1) is 24.0 Å². The largest absolute Gasteiger partial charge is 0.478 e. The molecule has 0 bridgehead atoms. The fourth-order valence-corrected chi connectivity index (χ4v) is 2.27. The van der Waals surface area contributed by atoms with Crippen LogP contribution in [0.25, 0.3) is 0 Å². The highest BCUT2D eigenvalue weighted by molar-refractivity contribution is 5.88. The van der Waals surface area contributed by atoms with Crippen molar-refractivity contribution in [3.05, 3.63) is 88.6 Å². The van der Waals surface area contributed by atoms with Crippen molar-refractivity contribution < 1.29 is 9.90 Å². The molecule has 0 spiro atoms. The Morgan fingerprint density at radius 2 is 1.88 bits per heavy atom. The smallest absolute Gasteiger partial charge is 0.337 e. The first-order chi connectivity index (χ1) is 11.6. The Bertz CT molecular complexity index is 917. The predicted molar refractivity (Wildman–Crippen MR) is 90.7 cm³/mol. The van der Waals surface area contributed by atoms with Crippen molar-refractivity contribution in [3.8, 4) is 0 Å². The summed E-state index contributed by atoms with van der Waals surface area (Å²) in [5.41, 5.74) is 2.48. The number of benzene rings is 1. The number of carbonyl (C=O) groups is 1. The molecule has 2 heterocycles. The molecule has 0 fully saturated rings. The number of pyridine rings is 2. The van der Waals surface area contributed by atoms with Gasteiger partial charge in [0.15, 0.2) is 0 Å². The summed E-state index contributed by atoms with van der Waals surface area (Å²) in [5.74, 6) is -1.02. The first-order valence-corrected chi connectivity index (χ1v) is 7.31. The predicted octanol–water partition coefficient (Wildman–Crippen LogP) is 2.73. The molecule has 0 aliphatic rings. The average Bonchev–Trinajstić information content (AvgIpc) is 2.59. The maximum absolute atomic E-state index is 11.7. The summed E-state index contributed by atoms with van der Waals surface area (Å²) in [6, 6.07) is 14.1. The minimum Gasteiger partial charge on any atom is -0.478 e. The molecule has 6 nitrogen and oxygen atoms in total. The highest BCUT2D eigenvalue weighted by Crippen LogP contribution is 2.17. The van der Waals surface area contributed by atoms with Gasteiger partial charge in [-0.1, -0.05) is 18.2 Å².